The fourth-order valence-electron chi connectivity index (χ4n) is 1.91. The molecule has 0 unspecified atom stereocenters. The van der Waals surface area contributed by atoms with Gasteiger partial charge in [-0.2, -0.15) is 0 Å². The van der Waals surface area contributed by atoms with Gasteiger partial charge in [-0.15, -0.1) is 5.06 Å². The highest BCUT2D eigenvalue weighted by molar-refractivity contribution is 6.00. The van der Waals surface area contributed by atoms with Crippen molar-refractivity contribution < 1.29 is 19.2 Å². The van der Waals surface area contributed by atoms with Crippen LogP contribution in [0.2, 0.25) is 0 Å². The zero-order valence-electron chi connectivity index (χ0n) is 16.8. The largest absolute Gasteiger partial charge is 0.399 e. The molecule has 0 aromatic rings. The van der Waals surface area contributed by atoms with Gasteiger partial charge >= 0.3 is 0 Å². The lowest BCUT2D eigenvalue weighted by Gasteiger charge is -2.15. The van der Waals surface area contributed by atoms with Crippen molar-refractivity contribution in [1.29, 1.82) is 0 Å². The molecule has 0 bridgehead atoms. The maximum absolute atomic E-state index is 11.3. The van der Waals surface area contributed by atoms with Crippen molar-refractivity contribution in [3.63, 3.8) is 0 Å². The molecule has 0 saturated carbocycles. The number of carbonyl (C=O) groups excluding carboxylic acids is 3. The number of hydrogen-bond acceptors (Lipinski definition) is 5. The molecule has 1 fully saturated rings. The molecule has 0 atom stereocenters. The van der Waals surface area contributed by atoms with Crippen molar-refractivity contribution in [1.82, 2.24) is 5.06 Å². The molecule has 0 aromatic carbocycles. The fraction of sp³-hybridized carbons (Fsp3) is 0.318. The number of carbonyl (C=O) groups is 3. The van der Waals surface area contributed by atoms with E-state index in [1.54, 1.807) is 18.2 Å². The molecule has 1 aliphatic rings. The standard InChI is InChI=1S/C15H20N2O3.C7H10O/c1-11(7-8-12(2)16)5-4-6-13(3)20-17-14(18)9-10-15(17)19;1-6(2)4-5-7(3)8/h7-8H,1-6,9-10,16H2;4-5H,1H2,2-3H3/b8-7-;5-4-. The van der Waals surface area contributed by atoms with Crippen molar-refractivity contribution in [3.8, 4) is 0 Å². The van der Waals surface area contributed by atoms with E-state index in [0.29, 0.717) is 17.9 Å². The number of allylic oxidation sites excluding steroid dienone is 7. The van der Waals surface area contributed by atoms with Crippen molar-refractivity contribution in [3.05, 3.63) is 73.2 Å². The van der Waals surface area contributed by atoms with Crippen LogP contribution in [0.3, 0.4) is 0 Å². The van der Waals surface area contributed by atoms with Gasteiger partial charge in [0.05, 0.1) is 0 Å². The molecule has 1 saturated heterocycles. The second-order valence-electron chi connectivity index (χ2n) is 6.42. The minimum Gasteiger partial charge on any atom is -0.399 e. The number of amides is 2. The van der Waals surface area contributed by atoms with Crippen LogP contribution in [0.25, 0.3) is 0 Å². The van der Waals surface area contributed by atoms with E-state index in [9.17, 15) is 14.4 Å². The first-order valence-corrected chi connectivity index (χ1v) is 8.88. The van der Waals surface area contributed by atoms with Gasteiger partial charge in [-0.3, -0.25) is 14.4 Å². The summed E-state index contributed by atoms with van der Waals surface area (Å²) in [6.07, 6.45) is 9.16. The van der Waals surface area contributed by atoms with E-state index in [4.69, 9.17) is 10.6 Å². The summed E-state index contributed by atoms with van der Waals surface area (Å²) in [5.41, 5.74) is 7.70. The first-order valence-electron chi connectivity index (χ1n) is 8.88. The maximum atomic E-state index is 11.3. The summed E-state index contributed by atoms with van der Waals surface area (Å²) >= 11 is 0. The van der Waals surface area contributed by atoms with E-state index >= 15 is 0 Å². The Labute approximate surface area is 167 Å². The van der Waals surface area contributed by atoms with Crippen LogP contribution in [0.1, 0.15) is 46.0 Å². The molecule has 0 aliphatic carbocycles. The lowest BCUT2D eigenvalue weighted by atomic mass is 10.1. The van der Waals surface area contributed by atoms with Crippen LogP contribution in [-0.4, -0.2) is 22.7 Å². The van der Waals surface area contributed by atoms with Gasteiger partial charge in [0, 0.05) is 25.0 Å². The molecule has 2 N–H and O–H groups in total. The first-order chi connectivity index (χ1) is 13.0. The average molecular weight is 386 g/mol. The lowest BCUT2D eigenvalue weighted by molar-refractivity contribution is -0.177. The smallest absolute Gasteiger partial charge is 0.263 e. The third kappa shape index (κ3) is 12.2. The summed E-state index contributed by atoms with van der Waals surface area (Å²) < 4.78 is 0. The minimum absolute atomic E-state index is 0.0630. The number of ketones is 1. The SMILES string of the molecule is C=C(C)/C=C\C(C)=O.C=C(N)/C=C\C(=C)CCCC(=C)ON1C(=O)CCC1=O. The van der Waals surface area contributed by atoms with Crippen LogP contribution >= 0.6 is 0 Å². The topological polar surface area (TPSA) is 89.7 Å². The van der Waals surface area contributed by atoms with E-state index in [2.05, 4.69) is 26.3 Å². The predicted molar refractivity (Wildman–Crippen MR) is 111 cm³/mol. The Morgan fingerprint density at radius 1 is 1.00 bits per heavy atom. The van der Waals surface area contributed by atoms with Gasteiger partial charge in [0.25, 0.3) is 11.8 Å². The van der Waals surface area contributed by atoms with E-state index in [1.807, 2.05) is 6.92 Å². The second kappa shape index (κ2) is 13.1. The highest BCUT2D eigenvalue weighted by atomic mass is 16.7. The zero-order valence-corrected chi connectivity index (χ0v) is 16.8. The summed E-state index contributed by atoms with van der Waals surface area (Å²) in [6.45, 7) is 18.1. The highest BCUT2D eigenvalue weighted by Gasteiger charge is 2.31. The Bertz CT molecular complexity index is 682. The zero-order chi connectivity index (χ0) is 21.7. The van der Waals surface area contributed by atoms with Crippen molar-refractivity contribution in [2.45, 2.75) is 46.0 Å². The van der Waals surface area contributed by atoms with Crippen LogP contribution in [0.5, 0.6) is 0 Å². The number of hydrogen-bond donors (Lipinski definition) is 1. The second-order valence-corrected chi connectivity index (χ2v) is 6.42. The fourth-order valence-corrected chi connectivity index (χ4v) is 1.91. The Kier molecular flexibility index (Phi) is 11.6. The molecular formula is C22H30N2O4. The number of imide groups is 1. The normalized spacial score (nSPS) is 13.4. The van der Waals surface area contributed by atoms with Crippen LogP contribution in [0, 0.1) is 0 Å². The molecule has 1 rings (SSSR count). The Morgan fingerprint density at radius 3 is 2.00 bits per heavy atom. The lowest BCUT2D eigenvalue weighted by Crippen LogP contribution is -2.28. The number of hydroxylamine groups is 2. The Balaban J connectivity index is 0.000000769. The highest BCUT2D eigenvalue weighted by Crippen LogP contribution is 2.18. The summed E-state index contributed by atoms with van der Waals surface area (Å²) in [5, 5.41) is 0.801. The van der Waals surface area contributed by atoms with Gasteiger partial charge in [-0.25, -0.2) is 0 Å². The van der Waals surface area contributed by atoms with Gasteiger partial charge in [0.2, 0.25) is 0 Å². The molecule has 0 spiro atoms. The number of nitrogens with two attached hydrogens (primary N) is 1. The van der Waals surface area contributed by atoms with E-state index in [0.717, 1.165) is 29.1 Å². The van der Waals surface area contributed by atoms with Crippen LogP contribution in [-0.2, 0) is 19.2 Å². The quantitative estimate of drug-likeness (QED) is 0.265. The first kappa shape index (κ1) is 24.8. The third-order valence-corrected chi connectivity index (χ3v) is 3.32. The van der Waals surface area contributed by atoms with Crippen molar-refractivity contribution in [2.24, 2.45) is 5.73 Å². The molecule has 1 aliphatic heterocycles. The van der Waals surface area contributed by atoms with Crippen LogP contribution in [0.4, 0.5) is 0 Å². The average Bonchev–Trinajstić information content (AvgIpc) is 2.90. The van der Waals surface area contributed by atoms with Gasteiger partial charge in [-0.1, -0.05) is 49.6 Å². The van der Waals surface area contributed by atoms with E-state index < -0.39 is 0 Å². The third-order valence-electron chi connectivity index (χ3n) is 3.32. The monoisotopic (exact) mass is 386 g/mol. The predicted octanol–water partition coefficient (Wildman–Crippen LogP) is 4.04. The van der Waals surface area contributed by atoms with Gasteiger partial charge in [0.1, 0.15) is 5.76 Å². The van der Waals surface area contributed by atoms with Crippen molar-refractivity contribution in [2.75, 3.05) is 0 Å². The molecule has 6 nitrogen and oxygen atoms in total. The summed E-state index contributed by atoms with van der Waals surface area (Å²) in [5.74, 6) is -0.170. The molecule has 0 aromatic heterocycles. The molecule has 0 radical (unpaired) electrons. The van der Waals surface area contributed by atoms with Crippen molar-refractivity contribution >= 4 is 17.6 Å². The van der Waals surface area contributed by atoms with E-state index in [-0.39, 0.29) is 30.4 Å². The number of rotatable bonds is 10. The summed E-state index contributed by atoms with van der Waals surface area (Å²) in [4.78, 5) is 38.1. The van der Waals surface area contributed by atoms with Gasteiger partial charge in [-0.05, 0) is 38.8 Å². The molecule has 6 heteroatoms. The Morgan fingerprint density at radius 2 is 1.57 bits per heavy atom. The van der Waals surface area contributed by atoms with Gasteiger partial charge < -0.3 is 10.6 Å². The van der Waals surface area contributed by atoms with E-state index in [1.165, 1.54) is 13.0 Å². The minimum atomic E-state index is -0.315. The molecule has 28 heavy (non-hydrogen) atoms. The Hall–Kier alpha value is -3.15. The summed E-state index contributed by atoms with van der Waals surface area (Å²) in [7, 11) is 0. The maximum Gasteiger partial charge on any atom is 0.263 e. The van der Waals surface area contributed by atoms with Crippen LogP contribution in [0.15, 0.2) is 73.2 Å². The van der Waals surface area contributed by atoms with Gasteiger partial charge in [0.15, 0.2) is 5.78 Å². The van der Waals surface area contributed by atoms with Crippen LogP contribution < -0.4 is 5.73 Å². The molecule has 2 amide bonds. The molecule has 1 heterocycles. The number of nitrogens with zero attached hydrogens (tertiary/aromatic N) is 1. The molecular weight excluding hydrogens is 356 g/mol. The molecule has 152 valence electrons. The summed E-state index contributed by atoms with van der Waals surface area (Å²) in [6, 6.07) is 0.